The monoisotopic (exact) mass is 261 g/mol. The molecule has 1 saturated carbocycles. The highest BCUT2D eigenvalue weighted by molar-refractivity contribution is 7.99. The van der Waals surface area contributed by atoms with Crippen molar-refractivity contribution < 1.29 is 4.42 Å². The predicted octanol–water partition coefficient (Wildman–Crippen LogP) is 3.07. The summed E-state index contributed by atoms with van der Waals surface area (Å²) in [5, 5.41) is 9.56. The fourth-order valence-electron chi connectivity index (χ4n) is 1.89. The largest absolute Gasteiger partial charge is 0.467 e. The molecule has 1 aliphatic carbocycles. The second-order valence-corrected chi connectivity index (χ2v) is 5.37. The van der Waals surface area contributed by atoms with E-state index in [1.165, 1.54) is 12.8 Å². The van der Waals surface area contributed by atoms with E-state index >= 15 is 0 Å². The van der Waals surface area contributed by atoms with Gasteiger partial charge < -0.3 is 4.42 Å². The van der Waals surface area contributed by atoms with Crippen molar-refractivity contribution in [2.75, 3.05) is 5.75 Å². The molecule has 0 unspecified atom stereocenters. The van der Waals surface area contributed by atoms with Crippen molar-refractivity contribution in [1.82, 2.24) is 14.8 Å². The van der Waals surface area contributed by atoms with Crippen molar-refractivity contribution in [2.45, 2.75) is 30.5 Å². The average molecular weight is 261 g/mol. The van der Waals surface area contributed by atoms with Gasteiger partial charge in [-0.15, -0.1) is 16.8 Å². The summed E-state index contributed by atoms with van der Waals surface area (Å²) >= 11 is 1.66. The number of nitrogens with zero attached hydrogens (tertiary/aromatic N) is 3. The van der Waals surface area contributed by atoms with Gasteiger partial charge in [-0.3, -0.25) is 4.57 Å². The van der Waals surface area contributed by atoms with Gasteiger partial charge in [0.1, 0.15) is 11.6 Å². The third-order valence-corrected chi connectivity index (χ3v) is 3.87. The van der Waals surface area contributed by atoms with Crippen LogP contribution in [0.4, 0.5) is 0 Å². The number of hydrogen-bond acceptors (Lipinski definition) is 4. The van der Waals surface area contributed by atoms with Gasteiger partial charge >= 0.3 is 0 Å². The average Bonchev–Trinajstić information content (AvgIpc) is 2.95. The Morgan fingerprint density at radius 2 is 2.39 bits per heavy atom. The van der Waals surface area contributed by atoms with Gasteiger partial charge in [-0.2, -0.15) is 0 Å². The smallest absolute Gasteiger partial charge is 0.191 e. The first-order chi connectivity index (χ1) is 8.88. The number of hydrogen-bond donors (Lipinski definition) is 0. The fourth-order valence-corrected chi connectivity index (χ4v) is 2.57. The maximum absolute atomic E-state index is 5.42. The first-order valence-electron chi connectivity index (χ1n) is 6.07. The number of rotatable bonds is 6. The highest BCUT2D eigenvalue weighted by atomic mass is 32.2. The van der Waals surface area contributed by atoms with Crippen LogP contribution in [0.3, 0.4) is 0 Å². The van der Waals surface area contributed by atoms with Gasteiger partial charge in [0, 0.05) is 11.7 Å². The molecule has 0 amide bonds. The Bertz CT molecular complexity index is 528. The Morgan fingerprint density at radius 3 is 3.06 bits per heavy atom. The lowest BCUT2D eigenvalue weighted by Gasteiger charge is -2.07. The molecule has 0 atom stereocenters. The Labute approximate surface area is 110 Å². The van der Waals surface area contributed by atoms with Gasteiger partial charge in [-0.25, -0.2) is 0 Å². The van der Waals surface area contributed by atoms with Crippen molar-refractivity contribution in [3.63, 3.8) is 0 Å². The molecule has 0 bridgehead atoms. The molecule has 1 fully saturated rings. The number of aromatic nitrogens is 3. The third kappa shape index (κ3) is 2.36. The molecule has 3 rings (SSSR count). The van der Waals surface area contributed by atoms with Crippen LogP contribution in [-0.4, -0.2) is 20.5 Å². The van der Waals surface area contributed by atoms with Crippen molar-refractivity contribution in [1.29, 1.82) is 0 Å². The SMILES string of the molecule is C=CCSc1nnc(C2CC2)n1Cc1ccco1. The van der Waals surface area contributed by atoms with Crippen LogP contribution in [-0.2, 0) is 6.54 Å². The summed E-state index contributed by atoms with van der Waals surface area (Å²) in [4.78, 5) is 0. The summed E-state index contributed by atoms with van der Waals surface area (Å²) in [7, 11) is 0. The first-order valence-corrected chi connectivity index (χ1v) is 7.06. The van der Waals surface area contributed by atoms with Gasteiger partial charge in [0.15, 0.2) is 5.16 Å². The molecule has 18 heavy (non-hydrogen) atoms. The Kier molecular flexibility index (Phi) is 3.23. The molecule has 2 heterocycles. The van der Waals surface area contributed by atoms with E-state index in [1.54, 1.807) is 18.0 Å². The van der Waals surface area contributed by atoms with Crippen molar-refractivity contribution in [2.24, 2.45) is 0 Å². The lowest BCUT2D eigenvalue weighted by molar-refractivity contribution is 0.478. The summed E-state index contributed by atoms with van der Waals surface area (Å²) in [6.45, 7) is 4.45. The molecule has 0 radical (unpaired) electrons. The molecule has 2 aromatic rings. The topological polar surface area (TPSA) is 43.9 Å². The molecule has 0 spiro atoms. The Morgan fingerprint density at radius 1 is 1.50 bits per heavy atom. The molecule has 0 N–H and O–H groups in total. The summed E-state index contributed by atoms with van der Waals surface area (Å²) < 4.78 is 7.59. The molecule has 0 saturated heterocycles. The van der Waals surface area contributed by atoms with E-state index in [0.29, 0.717) is 12.5 Å². The van der Waals surface area contributed by atoms with Crippen LogP contribution in [0.5, 0.6) is 0 Å². The van der Waals surface area contributed by atoms with Crippen molar-refractivity contribution >= 4 is 11.8 Å². The van der Waals surface area contributed by atoms with E-state index in [0.717, 1.165) is 22.5 Å². The second-order valence-electron chi connectivity index (χ2n) is 4.38. The fraction of sp³-hybridized carbons (Fsp3) is 0.385. The number of furan rings is 1. The first kappa shape index (κ1) is 11.6. The zero-order chi connectivity index (χ0) is 12.4. The van der Waals surface area contributed by atoms with E-state index in [2.05, 4.69) is 21.3 Å². The van der Waals surface area contributed by atoms with Gasteiger partial charge in [-0.1, -0.05) is 17.8 Å². The quantitative estimate of drug-likeness (QED) is 0.592. The van der Waals surface area contributed by atoms with Gasteiger partial charge in [0.25, 0.3) is 0 Å². The molecule has 4 nitrogen and oxygen atoms in total. The standard InChI is InChI=1S/C13H15N3OS/c1-2-8-18-13-15-14-12(10-5-6-10)16(13)9-11-4-3-7-17-11/h2-4,7,10H,1,5-6,8-9H2. The van der Waals surface area contributed by atoms with Gasteiger partial charge in [0.2, 0.25) is 0 Å². The van der Waals surface area contributed by atoms with Crippen LogP contribution < -0.4 is 0 Å². The molecular weight excluding hydrogens is 246 g/mol. The molecule has 0 aromatic carbocycles. The van der Waals surface area contributed by atoms with Crippen LogP contribution in [0, 0.1) is 0 Å². The van der Waals surface area contributed by atoms with E-state index in [9.17, 15) is 0 Å². The maximum Gasteiger partial charge on any atom is 0.191 e. The second kappa shape index (κ2) is 5.02. The normalized spacial score (nSPS) is 14.9. The van der Waals surface area contributed by atoms with E-state index in [-0.39, 0.29) is 0 Å². The highest BCUT2D eigenvalue weighted by Crippen LogP contribution is 2.40. The minimum Gasteiger partial charge on any atom is -0.467 e. The summed E-state index contributed by atoms with van der Waals surface area (Å²) in [5.74, 6) is 3.47. The van der Waals surface area contributed by atoms with Crippen LogP contribution in [0.1, 0.15) is 30.3 Å². The maximum atomic E-state index is 5.42. The zero-order valence-corrected chi connectivity index (χ0v) is 10.9. The molecule has 1 aliphatic rings. The molecular formula is C13H15N3OS. The molecule has 2 aromatic heterocycles. The minimum atomic E-state index is 0.588. The summed E-state index contributed by atoms with van der Waals surface area (Å²) in [5.41, 5.74) is 0. The van der Waals surface area contributed by atoms with Crippen LogP contribution in [0.15, 0.2) is 40.6 Å². The lowest BCUT2D eigenvalue weighted by atomic mass is 10.3. The Hall–Kier alpha value is -1.49. The summed E-state index contributed by atoms with van der Waals surface area (Å²) in [6, 6.07) is 3.89. The molecule has 0 aliphatic heterocycles. The van der Waals surface area contributed by atoms with Crippen LogP contribution in [0.25, 0.3) is 0 Å². The van der Waals surface area contributed by atoms with Crippen LogP contribution in [0.2, 0.25) is 0 Å². The van der Waals surface area contributed by atoms with Gasteiger partial charge in [-0.05, 0) is 25.0 Å². The van der Waals surface area contributed by atoms with E-state index in [1.807, 2.05) is 18.2 Å². The minimum absolute atomic E-state index is 0.588. The zero-order valence-electron chi connectivity index (χ0n) is 10.1. The molecule has 94 valence electrons. The van der Waals surface area contributed by atoms with Gasteiger partial charge in [0.05, 0.1) is 12.8 Å². The van der Waals surface area contributed by atoms with Crippen molar-refractivity contribution in [3.8, 4) is 0 Å². The van der Waals surface area contributed by atoms with Crippen molar-refractivity contribution in [3.05, 3.63) is 42.6 Å². The lowest BCUT2D eigenvalue weighted by Crippen LogP contribution is -2.05. The third-order valence-electron chi connectivity index (χ3n) is 2.91. The number of thioether (sulfide) groups is 1. The van der Waals surface area contributed by atoms with Crippen LogP contribution >= 0.6 is 11.8 Å². The predicted molar refractivity (Wildman–Crippen MR) is 70.7 cm³/mol. The summed E-state index contributed by atoms with van der Waals surface area (Å²) in [6.07, 6.45) is 6.03. The molecule has 5 heteroatoms. The highest BCUT2D eigenvalue weighted by Gasteiger charge is 2.30. The Balaban J connectivity index is 1.87. The van der Waals surface area contributed by atoms with E-state index < -0.39 is 0 Å². The van der Waals surface area contributed by atoms with E-state index in [4.69, 9.17) is 4.42 Å².